The van der Waals surface area contributed by atoms with Gasteiger partial charge in [-0.05, 0) is 25.2 Å². The Labute approximate surface area is 70.0 Å². The highest BCUT2D eigenvalue weighted by molar-refractivity contribution is 7.16. The highest BCUT2D eigenvalue weighted by atomic mass is 31.0. The highest BCUT2D eigenvalue weighted by Crippen LogP contribution is 2.10. The molecule has 1 atom stereocenters. The van der Waals surface area contributed by atoms with E-state index in [0.717, 1.165) is 18.5 Å². The first-order valence-corrected chi connectivity index (χ1v) is 4.54. The molecule has 0 aliphatic rings. The Morgan fingerprint density at radius 3 is 2.45 bits per heavy atom. The summed E-state index contributed by atoms with van der Waals surface area (Å²) >= 11 is 0. The summed E-state index contributed by atoms with van der Waals surface area (Å²) in [7, 11) is 2.63. The molecule has 0 amide bonds. The standard InChI is InChI=1S/C9H13OP/c1-8-2-4-9(5-3-8)10-6-7-11/h2-5H,6-7,11H2,1H3. The summed E-state index contributed by atoms with van der Waals surface area (Å²) in [5.41, 5.74) is 1.27. The molecule has 0 N–H and O–H groups in total. The molecule has 0 aromatic heterocycles. The minimum absolute atomic E-state index is 0.772. The van der Waals surface area contributed by atoms with Gasteiger partial charge in [-0.2, -0.15) is 0 Å². The zero-order chi connectivity index (χ0) is 8.10. The number of ether oxygens (including phenoxy) is 1. The first kappa shape index (κ1) is 8.55. The fourth-order valence-electron chi connectivity index (χ4n) is 0.811. The first-order chi connectivity index (χ1) is 5.33. The molecular weight excluding hydrogens is 155 g/mol. The van der Waals surface area contributed by atoms with E-state index < -0.39 is 0 Å². The van der Waals surface area contributed by atoms with Gasteiger partial charge in [-0.15, -0.1) is 9.24 Å². The van der Waals surface area contributed by atoms with E-state index in [9.17, 15) is 0 Å². The maximum absolute atomic E-state index is 5.39. The van der Waals surface area contributed by atoms with Gasteiger partial charge >= 0.3 is 0 Å². The lowest BCUT2D eigenvalue weighted by atomic mass is 10.2. The van der Waals surface area contributed by atoms with Gasteiger partial charge in [0.25, 0.3) is 0 Å². The Hall–Kier alpha value is -0.550. The van der Waals surface area contributed by atoms with Crippen LogP contribution in [0.15, 0.2) is 24.3 Å². The smallest absolute Gasteiger partial charge is 0.119 e. The number of rotatable bonds is 3. The van der Waals surface area contributed by atoms with Crippen molar-refractivity contribution in [3.05, 3.63) is 29.8 Å². The van der Waals surface area contributed by atoms with E-state index in [1.807, 2.05) is 12.1 Å². The van der Waals surface area contributed by atoms with Crippen molar-refractivity contribution in [2.24, 2.45) is 0 Å². The minimum Gasteiger partial charge on any atom is -0.493 e. The van der Waals surface area contributed by atoms with Crippen LogP contribution in [0.2, 0.25) is 0 Å². The Morgan fingerprint density at radius 2 is 1.91 bits per heavy atom. The van der Waals surface area contributed by atoms with Gasteiger partial charge in [0.2, 0.25) is 0 Å². The summed E-state index contributed by atoms with van der Waals surface area (Å²) in [6.07, 6.45) is 0.980. The second-order valence-electron chi connectivity index (χ2n) is 2.45. The van der Waals surface area contributed by atoms with Crippen molar-refractivity contribution in [2.45, 2.75) is 6.92 Å². The second-order valence-corrected chi connectivity index (χ2v) is 3.03. The van der Waals surface area contributed by atoms with Gasteiger partial charge in [0.1, 0.15) is 5.75 Å². The van der Waals surface area contributed by atoms with Crippen LogP contribution in [0.25, 0.3) is 0 Å². The van der Waals surface area contributed by atoms with Crippen LogP contribution >= 0.6 is 9.24 Å². The van der Waals surface area contributed by atoms with Crippen LogP contribution in [-0.4, -0.2) is 12.8 Å². The van der Waals surface area contributed by atoms with Gasteiger partial charge in [0, 0.05) is 0 Å². The molecular formula is C9H13OP. The molecule has 0 saturated heterocycles. The third-order valence-corrected chi connectivity index (χ3v) is 1.64. The van der Waals surface area contributed by atoms with E-state index >= 15 is 0 Å². The molecule has 1 unspecified atom stereocenters. The van der Waals surface area contributed by atoms with Crippen LogP contribution in [0.1, 0.15) is 5.56 Å². The number of benzene rings is 1. The fourth-order valence-corrected chi connectivity index (χ4v) is 0.929. The average molecular weight is 168 g/mol. The van der Waals surface area contributed by atoms with E-state index in [1.54, 1.807) is 0 Å². The fraction of sp³-hybridized carbons (Fsp3) is 0.333. The summed E-state index contributed by atoms with van der Waals surface area (Å²) in [5, 5.41) is 0. The molecule has 0 fully saturated rings. The Balaban J connectivity index is 2.52. The lowest BCUT2D eigenvalue weighted by Crippen LogP contribution is -1.96. The van der Waals surface area contributed by atoms with Gasteiger partial charge < -0.3 is 4.74 Å². The molecule has 0 aliphatic heterocycles. The van der Waals surface area contributed by atoms with Crippen molar-refractivity contribution < 1.29 is 4.74 Å². The summed E-state index contributed by atoms with van der Waals surface area (Å²) < 4.78 is 5.39. The van der Waals surface area contributed by atoms with Crippen LogP contribution in [0.5, 0.6) is 5.75 Å². The monoisotopic (exact) mass is 168 g/mol. The summed E-state index contributed by atoms with van der Waals surface area (Å²) in [6, 6.07) is 8.10. The molecule has 0 heterocycles. The third-order valence-electron chi connectivity index (χ3n) is 1.41. The molecule has 1 aromatic carbocycles. The molecule has 1 aromatic rings. The topological polar surface area (TPSA) is 9.23 Å². The lowest BCUT2D eigenvalue weighted by molar-refractivity contribution is 0.344. The quantitative estimate of drug-likeness (QED) is 0.629. The van der Waals surface area contributed by atoms with E-state index in [0.29, 0.717) is 0 Å². The highest BCUT2D eigenvalue weighted by Gasteiger charge is 1.89. The molecule has 0 radical (unpaired) electrons. The molecule has 0 saturated carbocycles. The number of hydrogen-bond donors (Lipinski definition) is 0. The summed E-state index contributed by atoms with van der Waals surface area (Å²) in [4.78, 5) is 0. The van der Waals surface area contributed by atoms with Crippen molar-refractivity contribution in [3.8, 4) is 5.75 Å². The van der Waals surface area contributed by atoms with Crippen LogP contribution in [-0.2, 0) is 0 Å². The van der Waals surface area contributed by atoms with E-state index in [2.05, 4.69) is 28.3 Å². The SMILES string of the molecule is Cc1ccc(OCCP)cc1. The second kappa shape index (κ2) is 4.35. The first-order valence-electron chi connectivity index (χ1n) is 3.72. The average Bonchev–Trinajstić information content (AvgIpc) is 2.04. The maximum Gasteiger partial charge on any atom is 0.119 e. The zero-order valence-electron chi connectivity index (χ0n) is 6.71. The molecule has 11 heavy (non-hydrogen) atoms. The minimum atomic E-state index is 0.772. The van der Waals surface area contributed by atoms with E-state index in [4.69, 9.17) is 4.74 Å². The Morgan fingerprint density at radius 1 is 1.27 bits per heavy atom. The van der Waals surface area contributed by atoms with Crippen molar-refractivity contribution >= 4 is 9.24 Å². The van der Waals surface area contributed by atoms with Crippen molar-refractivity contribution in [3.63, 3.8) is 0 Å². The Kier molecular flexibility index (Phi) is 3.38. The van der Waals surface area contributed by atoms with Crippen molar-refractivity contribution in [1.82, 2.24) is 0 Å². The van der Waals surface area contributed by atoms with E-state index in [-0.39, 0.29) is 0 Å². The zero-order valence-corrected chi connectivity index (χ0v) is 7.86. The molecule has 60 valence electrons. The third kappa shape index (κ3) is 2.90. The number of hydrogen-bond acceptors (Lipinski definition) is 1. The lowest BCUT2D eigenvalue weighted by Gasteiger charge is -2.03. The molecule has 1 rings (SSSR count). The van der Waals surface area contributed by atoms with E-state index in [1.165, 1.54) is 5.56 Å². The van der Waals surface area contributed by atoms with Crippen molar-refractivity contribution in [2.75, 3.05) is 12.8 Å². The predicted octanol–water partition coefficient (Wildman–Crippen LogP) is 2.25. The Bertz CT molecular complexity index is 205. The van der Waals surface area contributed by atoms with Gasteiger partial charge in [-0.1, -0.05) is 17.7 Å². The predicted molar refractivity (Wildman–Crippen MR) is 51.3 cm³/mol. The van der Waals surface area contributed by atoms with Crippen LogP contribution in [0, 0.1) is 6.92 Å². The molecule has 0 aliphatic carbocycles. The van der Waals surface area contributed by atoms with Crippen LogP contribution in [0.4, 0.5) is 0 Å². The van der Waals surface area contributed by atoms with Gasteiger partial charge in [0.05, 0.1) is 6.61 Å². The van der Waals surface area contributed by atoms with Gasteiger partial charge in [-0.25, -0.2) is 0 Å². The van der Waals surface area contributed by atoms with Gasteiger partial charge in [0.15, 0.2) is 0 Å². The van der Waals surface area contributed by atoms with Gasteiger partial charge in [-0.3, -0.25) is 0 Å². The maximum atomic E-state index is 5.39. The molecule has 0 spiro atoms. The van der Waals surface area contributed by atoms with Crippen LogP contribution in [0.3, 0.4) is 0 Å². The normalized spacial score (nSPS) is 9.64. The summed E-state index contributed by atoms with van der Waals surface area (Å²) in [5.74, 6) is 0.957. The molecule has 2 heteroatoms. The molecule has 1 nitrogen and oxygen atoms in total. The largest absolute Gasteiger partial charge is 0.493 e. The van der Waals surface area contributed by atoms with Crippen LogP contribution < -0.4 is 4.74 Å². The summed E-state index contributed by atoms with van der Waals surface area (Å²) in [6.45, 7) is 2.84. The number of aryl methyl sites for hydroxylation is 1. The van der Waals surface area contributed by atoms with Crippen molar-refractivity contribution in [1.29, 1.82) is 0 Å². The molecule has 0 bridgehead atoms.